The van der Waals surface area contributed by atoms with Gasteiger partial charge in [-0.25, -0.2) is 0 Å². The summed E-state index contributed by atoms with van der Waals surface area (Å²) in [4.78, 5) is 18.9. The average Bonchev–Trinajstić information content (AvgIpc) is 3.02. The van der Waals surface area contributed by atoms with Crippen LogP contribution in [-0.2, 0) is 9.63 Å². The van der Waals surface area contributed by atoms with Crippen LogP contribution >= 0.6 is 0 Å². The molecule has 3 rings (SSSR count). The Morgan fingerprint density at radius 1 is 1.44 bits per heavy atom. The van der Waals surface area contributed by atoms with Crippen LogP contribution in [0.3, 0.4) is 0 Å². The van der Waals surface area contributed by atoms with Crippen LogP contribution in [0.1, 0.15) is 37.2 Å². The number of nitrogens with two attached hydrogens (primary N) is 1. The highest BCUT2D eigenvalue weighted by atomic mass is 16.7. The largest absolute Gasteiger partial charge is 0.481 e. The zero-order chi connectivity index (χ0) is 17.9. The molecule has 7 heteroatoms. The molecule has 0 radical (unpaired) electrons. The van der Waals surface area contributed by atoms with Gasteiger partial charge in [0.05, 0.1) is 0 Å². The Kier molecular flexibility index (Phi) is 5.03. The van der Waals surface area contributed by atoms with Crippen molar-refractivity contribution in [1.82, 2.24) is 4.90 Å². The molecule has 7 nitrogen and oxygen atoms in total. The molecule has 1 fully saturated rings. The monoisotopic (exact) mass is 344 g/mol. The number of carboxylic acids is 1. The Balaban J connectivity index is 1.76. The van der Waals surface area contributed by atoms with E-state index in [2.05, 4.69) is 22.2 Å². The van der Waals surface area contributed by atoms with E-state index in [1.165, 1.54) is 5.56 Å². The van der Waals surface area contributed by atoms with Crippen LogP contribution in [0.15, 0.2) is 35.5 Å². The molecule has 2 unspecified atom stereocenters. The van der Waals surface area contributed by atoms with Crippen molar-refractivity contribution >= 4 is 17.5 Å². The number of nitrogens with one attached hydrogen (secondary N) is 1. The van der Waals surface area contributed by atoms with Crippen molar-refractivity contribution in [2.75, 3.05) is 19.6 Å². The third kappa shape index (κ3) is 3.82. The molecule has 134 valence electrons. The summed E-state index contributed by atoms with van der Waals surface area (Å²) in [5.41, 5.74) is 6.82. The molecule has 0 amide bonds. The fourth-order valence-electron chi connectivity index (χ4n) is 3.75. The van der Waals surface area contributed by atoms with Crippen molar-refractivity contribution in [2.45, 2.75) is 37.2 Å². The molecule has 2 aliphatic heterocycles. The molecule has 0 aliphatic carbocycles. The lowest BCUT2D eigenvalue weighted by molar-refractivity contribution is -0.137. The molecule has 4 N–H and O–H groups in total. The first-order valence-corrected chi connectivity index (χ1v) is 8.59. The fourth-order valence-corrected chi connectivity index (χ4v) is 3.75. The second kappa shape index (κ2) is 7.23. The van der Waals surface area contributed by atoms with Crippen LogP contribution in [0.2, 0.25) is 0 Å². The Hall–Kier alpha value is -2.41. The van der Waals surface area contributed by atoms with Crippen molar-refractivity contribution < 1.29 is 14.7 Å². The molecule has 0 saturated carbocycles. The first-order chi connectivity index (χ1) is 12.0. The van der Waals surface area contributed by atoms with E-state index in [1.54, 1.807) is 0 Å². The van der Waals surface area contributed by atoms with Crippen molar-refractivity contribution in [1.29, 1.82) is 5.41 Å². The number of rotatable bonds is 6. The van der Waals surface area contributed by atoms with Gasteiger partial charge in [-0.2, -0.15) is 0 Å². The number of benzene rings is 1. The van der Waals surface area contributed by atoms with Crippen molar-refractivity contribution in [3.8, 4) is 0 Å². The van der Waals surface area contributed by atoms with Gasteiger partial charge in [0.2, 0.25) is 0 Å². The predicted octanol–water partition coefficient (Wildman–Crippen LogP) is 1.79. The highest BCUT2D eigenvalue weighted by Crippen LogP contribution is 2.44. The number of carbonyl (C=O) groups is 1. The Bertz CT molecular complexity index is 676. The Labute approximate surface area is 147 Å². The first-order valence-electron chi connectivity index (χ1n) is 8.59. The van der Waals surface area contributed by atoms with E-state index in [-0.39, 0.29) is 18.2 Å². The minimum absolute atomic E-state index is 0.0347. The van der Waals surface area contributed by atoms with Gasteiger partial charge in [-0.3, -0.25) is 10.2 Å². The van der Waals surface area contributed by atoms with Crippen LogP contribution in [-0.4, -0.2) is 52.8 Å². The third-order valence-electron chi connectivity index (χ3n) is 5.11. The molecule has 1 aromatic carbocycles. The molecule has 1 aromatic rings. The molecule has 2 heterocycles. The number of nitrogens with zero attached hydrogens (tertiary/aromatic N) is 2. The normalized spacial score (nSPS) is 26.2. The highest BCUT2D eigenvalue weighted by Gasteiger charge is 2.50. The lowest BCUT2D eigenvalue weighted by Gasteiger charge is -2.44. The van der Waals surface area contributed by atoms with E-state index in [4.69, 9.17) is 21.1 Å². The van der Waals surface area contributed by atoms with Crippen LogP contribution in [0.5, 0.6) is 0 Å². The van der Waals surface area contributed by atoms with Crippen LogP contribution < -0.4 is 5.73 Å². The maximum atomic E-state index is 10.7. The van der Waals surface area contributed by atoms with E-state index in [9.17, 15) is 4.79 Å². The molecule has 25 heavy (non-hydrogen) atoms. The minimum atomic E-state index is -0.758. The number of likely N-dealkylation sites (tertiary alicyclic amines) is 1. The maximum Gasteiger partial charge on any atom is 0.303 e. The topological polar surface area (TPSA) is 112 Å². The zero-order valence-corrected chi connectivity index (χ0v) is 14.1. The van der Waals surface area contributed by atoms with E-state index >= 15 is 0 Å². The van der Waals surface area contributed by atoms with E-state index in [0.29, 0.717) is 18.6 Å². The van der Waals surface area contributed by atoms with Crippen LogP contribution in [0.4, 0.5) is 0 Å². The number of hydrogen-bond donors (Lipinski definition) is 3. The molecule has 0 aromatic heterocycles. The molecule has 2 atom stereocenters. The van der Waals surface area contributed by atoms with Gasteiger partial charge in [0.15, 0.2) is 5.60 Å². The van der Waals surface area contributed by atoms with Crippen molar-refractivity contribution in [3.63, 3.8) is 0 Å². The van der Waals surface area contributed by atoms with Gasteiger partial charge in [0.25, 0.3) is 0 Å². The zero-order valence-electron chi connectivity index (χ0n) is 14.1. The average molecular weight is 344 g/mol. The van der Waals surface area contributed by atoms with Crippen LogP contribution in [0.25, 0.3) is 0 Å². The SMILES string of the molecule is N=C(N)C1=NOC2(CCN(CCCC(=O)O)CC2c2ccccc2)C1. The summed E-state index contributed by atoms with van der Waals surface area (Å²) in [6.45, 7) is 2.36. The smallest absolute Gasteiger partial charge is 0.303 e. The summed E-state index contributed by atoms with van der Waals surface area (Å²) in [6.07, 6.45) is 2.15. The van der Waals surface area contributed by atoms with Gasteiger partial charge in [0, 0.05) is 38.3 Å². The van der Waals surface area contributed by atoms with Gasteiger partial charge in [-0.1, -0.05) is 35.5 Å². The predicted molar refractivity (Wildman–Crippen MR) is 94.9 cm³/mol. The molecular weight excluding hydrogens is 320 g/mol. The standard InChI is InChI=1S/C18H24N4O3/c19-17(20)15-11-18(25-21-15)8-10-22(9-4-7-16(23)24)12-14(18)13-5-2-1-3-6-13/h1-3,5-6,14H,4,7-12H2,(H3,19,20)(H,23,24). The van der Waals surface area contributed by atoms with Gasteiger partial charge in [-0.15, -0.1) is 0 Å². The number of hydrogen-bond acceptors (Lipinski definition) is 5. The third-order valence-corrected chi connectivity index (χ3v) is 5.11. The van der Waals surface area contributed by atoms with E-state index < -0.39 is 11.6 Å². The summed E-state index contributed by atoms with van der Waals surface area (Å²) in [5, 5.41) is 20.5. The molecular formula is C18H24N4O3. The lowest BCUT2D eigenvalue weighted by Crippen LogP contribution is -2.51. The fraction of sp³-hybridized carbons (Fsp3) is 0.500. The Morgan fingerprint density at radius 3 is 2.84 bits per heavy atom. The molecule has 1 saturated heterocycles. The van der Waals surface area contributed by atoms with Crippen molar-refractivity contribution in [2.24, 2.45) is 10.9 Å². The van der Waals surface area contributed by atoms with E-state index in [1.807, 2.05) is 18.2 Å². The molecule has 2 aliphatic rings. The summed E-state index contributed by atoms with van der Waals surface area (Å²) in [5.74, 6) is -0.688. The first kappa shape index (κ1) is 17.4. The second-order valence-electron chi connectivity index (χ2n) is 6.80. The number of amidine groups is 1. The van der Waals surface area contributed by atoms with Crippen LogP contribution in [0, 0.1) is 5.41 Å². The van der Waals surface area contributed by atoms with Gasteiger partial charge < -0.3 is 20.6 Å². The summed E-state index contributed by atoms with van der Waals surface area (Å²) in [7, 11) is 0. The van der Waals surface area contributed by atoms with Crippen molar-refractivity contribution in [3.05, 3.63) is 35.9 Å². The number of aliphatic carboxylic acids is 1. The Morgan fingerprint density at radius 2 is 2.20 bits per heavy atom. The highest BCUT2D eigenvalue weighted by molar-refractivity contribution is 6.40. The lowest BCUT2D eigenvalue weighted by atomic mass is 9.74. The molecule has 1 spiro atoms. The minimum Gasteiger partial charge on any atom is -0.481 e. The number of carboxylic acid groups (broad SMARTS) is 1. The van der Waals surface area contributed by atoms with Gasteiger partial charge >= 0.3 is 5.97 Å². The summed E-state index contributed by atoms with van der Waals surface area (Å²) >= 11 is 0. The van der Waals surface area contributed by atoms with Gasteiger partial charge in [0.1, 0.15) is 11.5 Å². The quantitative estimate of drug-likeness (QED) is 0.538. The number of piperidine rings is 1. The second-order valence-corrected chi connectivity index (χ2v) is 6.80. The summed E-state index contributed by atoms with van der Waals surface area (Å²) < 4.78 is 0. The maximum absolute atomic E-state index is 10.7. The number of oxime groups is 1. The van der Waals surface area contributed by atoms with Gasteiger partial charge in [-0.05, 0) is 18.5 Å². The van der Waals surface area contributed by atoms with E-state index in [0.717, 1.165) is 26.1 Å². The summed E-state index contributed by atoms with van der Waals surface area (Å²) in [6, 6.07) is 10.2. The molecule has 0 bridgehead atoms.